The van der Waals surface area contributed by atoms with E-state index in [4.69, 9.17) is 4.62 Å². The molecule has 1 aliphatic carbocycles. The number of pyridine rings is 1. The van der Waals surface area contributed by atoms with Gasteiger partial charge >= 0.3 is 0 Å². The minimum atomic E-state index is -0.959. The molecular weight excluding hydrogens is 403 g/mol. The lowest BCUT2D eigenvalue weighted by atomic mass is 10.1. The molecule has 0 saturated heterocycles. The summed E-state index contributed by atoms with van der Waals surface area (Å²) >= 11 is 0. The van der Waals surface area contributed by atoms with E-state index in [-0.39, 0.29) is 5.69 Å². The number of hydrogen-bond acceptors (Lipinski definition) is 4. The van der Waals surface area contributed by atoms with Crippen LogP contribution in [0.15, 0.2) is 66.7 Å². The molecule has 1 aromatic heterocycles. The fourth-order valence-corrected chi connectivity index (χ4v) is 4.03. The van der Waals surface area contributed by atoms with Crippen LogP contribution in [-0.4, -0.2) is 17.3 Å². The third kappa shape index (κ3) is 5.97. The molecule has 1 fully saturated rings. The molecule has 4 nitrogen and oxygen atoms in total. The summed E-state index contributed by atoms with van der Waals surface area (Å²) < 4.78 is 34.3. The standard InChI is InChI=1S/C23H26F2N3OP/c1-4-6-18(9-8-16(2)17-7-5-14-26-15-17)27-23-21(13-12-20(24)22(23)25)28-29-30(3)19-10-11-19/h4-9,12-15,19,27-28H,10-11H2,1-3H3/b6-4-,16-8+,18-9+. The molecule has 30 heavy (non-hydrogen) atoms. The zero-order chi connectivity index (χ0) is 21.5. The summed E-state index contributed by atoms with van der Waals surface area (Å²) in [6, 6.07) is 6.39. The first-order valence-electron chi connectivity index (χ1n) is 9.82. The van der Waals surface area contributed by atoms with E-state index in [0.29, 0.717) is 17.0 Å². The number of nitrogens with zero attached hydrogens (tertiary/aromatic N) is 1. The van der Waals surface area contributed by atoms with Crippen molar-refractivity contribution in [3.63, 3.8) is 0 Å². The van der Waals surface area contributed by atoms with Crippen molar-refractivity contribution in [3.05, 3.63) is 83.9 Å². The van der Waals surface area contributed by atoms with Crippen molar-refractivity contribution in [2.45, 2.75) is 32.3 Å². The summed E-state index contributed by atoms with van der Waals surface area (Å²) in [4.78, 5) is 4.12. The lowest BCUT2D eigenvalue weighted by molar-refractivity contribution is 0.450. The number of rotatable bonds is 9. The van der Waals surface area contributed by atoms with Gasteiger partial charge in [0.1, 0.15) is 5.69 Å². The van der Waals surface area contributed by atoms with Crippen LogP contribution in [0.25, 0.3) is 5.57 Å². The topological polar surface area (TPSA) is 46.2 Å². The van der Waals surface area contributed by atoms with Gasteiger partial charge in [-0.2, -0.15) is 0 Å². The quantitative estimate of drug-likeness (QED) is 0.259. The number of hydrogen-bond donors (Lipinski definition) is 2. The van der Waals surface area contributed by atoms with Crippen molar-refractivity contribution in [2.75, 3.05) is 17.5 Å². The number of aromatic nitrogens is 1. The Morgan fingerprint density at radius 1 is 1.23 bits per heavy atom. The summed E-state index contributed by atoms with van der Waals surface area (Å²) in [5.41, 5.74) is 6.35. The summed E-state index contributed by atoms with van der Waals surface area (Å²) in [7, 11) is -0.649. The average Bonchev–Trinajstić information content (AvgIpc) is 3.60. The largest absolute Gasteiger partial charge is 0.351 e. The van der Waals surface area contributed by atoms with E-state index in [1.165, 1.54) is 6.07 Å². The number of anilines is 2. The average molecular weight is 429 g/mol. The molecule has 1 heterocycles. The van der Waals surface area contributed by atoms with E-state index in [2.05, 4.69) is 15.8 Å². The zero-order valence-electron chi connectivity index (χ0n) is 17.3. The number of halogens is 2. The van der Waals surface area contributed by atoms with Gasteiger partial charge in [-0.1, -0.05) is 18.2 Å². The van der Waals surface area contributed by atoms with E-state index in [9.17, 15) is 8.78 Å². The van der Waals surface area contributed by atoms with Gasteiger partial charge in [-0.3, -0.25) is 15.1 Å². The second kappa shape index (κ2) is 10.5. The predicted octanol–water partition coefficient (Wildman–Crippen LogP) is 6.87. The maximum atomic E-state index is 14.6. The van der Waals surface area contributed by atoms with Crippen LogP contribution in [0.2, 0.25) is 0 Å². The molecule has 0 amide bonds. The van der Waals surface area contributed by atoms with Gasteiger partial charge in [-0.05, 0) is 74.8 Å². The lowest BCUT2D eigenvalue weighted by Crippen LogP contribution is -2.07. The molecule has 1 unspecified atom stereocenters. The minimum Gasteiger partial charge on any atom is -0.351 e. The third-order valence-electron chi connectivity index (χ3n) is 4.70. The van der Waals surface area contributed by atoms with Crippen LogP contribution in [0.3, 0.4) is 0 Å². The fraction of sp³-hybridized carbons (Fsp3) is 0.261. The van der Waals surface area contributed by atoms with Crippen molar-refractivity contribution in [1.82, 2.24) is 4.98 Å². The van der Waals surface area contributed by atoms with E-state index in [1.54, 1.807) is 18.5 Å². The van der Waals surface area contributed by atoms with Crippen LogP contribution < -0.4 is 10.8 Å². The van der Waals surface area contributed by atoms with Gasteiger partial charge < -0.3 is 5.32 Å². The van der Waals surface area contributed by atoms with E-state index >= 15 is 0 Å². The summed E-state index contributed by atoms with van der Waals surface area (Å²) in [6.45, 7) is 5.85. The number of nitrogens with one attached hydrogen (secondary N) is 2. The van der Waals surface area contributed by atoms with Crippen molar-refractivity contribution in [1.29, 1.82) is 0 Å². The summed E-state index contributed by atoms with van der Waals surface area (Å²) in [6.07, 6.45) is 13.1. The minimum absolute atomic E-state index is 0.00553. The third-order valence-corrected chi connectivity index (χ3v) is 6.62. The summed E-state index contributed by atoms with van der Waals surface area (Å²) in [5, 5.41) is 3.00. The smallest absolute Gasteiger partial charge is 0.184 e. The molecular formula is C23H26F2N3OP. The SMILES string of the molecule is C\C=C/C(=C\C=C(/C)c1cccnc1)Nc1c(NOP(C)C2CC2)ccc(F)c1F. The van der Waals surface area contributed by atoms with E-state index in [0.717, 1.165) is 30.0 Å². The molecule has 1 aliphatic rings. The highest BCUT2D eigenvalue weighted by molar-refractivity contribution is 7.52. The van der Waals surface area contributed by atoms with Crippen LogP contribution >= 0.6 is 8.15 Å². The molecule has 1 saturated carbocycles. The van der Waals surface area contributed by atoms with Crippen LogP contribution in [0.1, 0.15) is 32.3 Å². The monoisotopic (exact) mass is 429 g/mol. The molecule has 3 rings (SSSR count). The van der Waals surface area contributed by atoms with Gasteiger partial charge in [-0.25, -0.2) is 8.78 Å². The predicted molar refractivity (Wildman–Crippen MR) is 121 cm³/mol. The second-order valence-electron chi connectivity index (χ2n) is 7.09. The van der Waals surface area contributed by atoms with Crippen LogP contribution in [-0.2, 0) is 4.62 Å². The van der Waals surface area contributed by atoms with Crippen molar-refractivity contribution in [2.24, 2.45) is 0 Å². The number of allylic oxidation sites excluding steroid dienone is 5. The Morgan fingerprint density at radius 2 is 2.03 bits per heavy atom. The molecule has 2 aromatic rings. The molecule has 0 aliphatic heterocycles. The Morgan fingerprint density at radius 3 is 2.70 bits per heavy atom. The van der Waals surface area contributed by atoms with E-state index in [1.807, 2.05) is 50.9 Å². The second-order valence-corrected chi connectivity index (χ2v) is 9.10. The van der Waals surface area contributed by atoms with Gasteiger partial charge in [0.2, 0.25) is 0 Å². The van der Waals surface area contributed by atoms with Gasteiger partial charge in [0.25, 0.3) is 0 Å². The number of benzene rings is 1. The highest BCUT2D eigenvalue weighted by Crippen LogP contribution is 2.51. The molecule has 1 atom stereocenters. The van der Waals surface area contributed by atoms with Crippen LogP contribution in [0.5, 0.6) is 0 Å². The molecule has 1 aromatic carbocycles. The van der Waals surface area contributed by atoms with Crippen molar-refractivity contribution in [3.8, 4) is 0 Å². The molecule has 158 valence electrons. The Kier molecular flexibility index (Phi) is 7.72. The normalized spacial score (nSPS) is 16.0. The Labute approximate surface area is 177 Å². The first-order valence-corrected chi connectivity index (χ1v) is 11.6. The highest BCUT2D eigenvalue weighted by atomic mass is 31.1. The Balaban J connectivity index is 1.84. The first-order chi connectivity index (χ1) is 14.5. The van der Waals surface area contributed by atoms with Gasteiger partial charge in [0.15, 0.2) is 11.6 Å². The lowest BCUT2D eigenvalue weighted by Gasteiger charge is -2.18. The van der Waals surface area contributed by atoms with Crippen molar-refractivity contribution < 1.29 is 13.4 Å². The molecule has 0 radical (unpaired) electrons. The fourth-order valence-electron chi connectivity index (χ4n) is 2.76. The maximum Gasteiger partial charge on any atom is 0.184 e. The van der Waals surface area contributed by atoms with Crippen LogP contribution in [0.4, 0.5) is 20.2 Å². The maximum absolute atomic E-state index is 14.6. The first kappa shape index (κ1) is 22.1. The Hall–Kier alpha value is -2.56. The molecule has 0 bridgehead atoms. The Bertz CT molecular complexity index is 956. The molecule has 2 N–H and O–H groups in total. The van der Waals surface area contributed by atoms with Crippen LogP contribution in [0, 0.1) is 11.6 Å². The zero-order valence-corrected chi connectivity index (χ0v) is 18.2. The van der Waals surface area contributed by atoms with Gasteiger partial charge in [-0.15, -0.1) is 0 Å². The van der Waals surface area contributed by atoms with E-state index < -0.39 is 19.8 Å². The van der Waals surface area contributed by atoms with Gasteiger partial charge in [0, 0.05) is 23.7 Å². The van der Waals surface area contributed by atoms with Crippen molar-refractivity contribution >= 4 is 25.1 Å². The molecule has 0 spiro atoms. The summed E-state index contributed by atoms with van der Waals surface area (Å²) in [5.74, 6) is -1.88. The highest BCUT2D eigenvalue weighted by Gasteiger charge is 2.29. The van der Waals surface area contributed by atoms with Gasteiger partial charge in [0.05, 0.1) is 13.8 Å². The molecule has 7 heteroatoms.